The first kappa shape index (κ1) is 26.3. The van der Waals surface area contributed by atoms with E-state index in [1.54, 1.807) is 0 Å². The van der Waals surface area contributed by atoms with Crippen molar-refractivity contribution in [2.45, 2.75) is 12.3 Å². The van der Waals surface area contributed by atoms with Crippen molar-refractivity contribution in [3.8, 4) is 22.3 Å². The molecule has 0 heterocycles. The third kappa shape index (κ3) is 3.60. The fraction of sp³-hybridized carbons (Fsp3) is 0.0435. The summed E-state index contributed by atoms with van der Waals surface area (Å²) in [7, 11) is 0. The molecule has 2 aliphatic carbocycles. The lowest BCUT2D eigenvalue weighted by Crippen LogP contribution is -2.25. The van der Waals surface area contributed by atoms with Crippen LogP contribution in [0.1, 0.15) is 27.8 Å². The summed E-state index contributed by atoms with van der Waals surface area (Å²) < 4.78 is 0. The summed E-state index contributed by atoms with van der Waals surface area (Å²) in [6.45, 7) is 2.19. The Morgan fingerprint density at radius 3 is 1.57 bits per heavy atom. The minimum Gasteiger partial charge on any atom is -0.310 e. The first-order valence-corrected chi connectivity index (χ1v) is 16.4. The second kappa shape index (κ2) is 9.79. The summed E-state index contributed by atoms with van der Waals surface area (Å²) in [4.78, 5) is 2.39. The Morgan fingerprint density at radius 2 is 0.894 bits per heavy atom. The molecule has 0 aromatic heterocycles. The maximum Gasteiger partial charge on any atom is 0.0725 e. The topological polar surface area (TPSA) is 3.24 Å². The third-order valence-corrected chi connectivity index (χ3v) is 10.5. The molecule has 0 saturated carbocycles. The highest BCUT2D eigenvalue weighted by Gasteiger charge is 2.51. The van der Waals surface area contributed by atoms with Gasteiger partial charge in [0.15, 0.2) is 0 Å². The van der Waals surface area contributed by atoms with Gasteiger partial charge in [0.05, 0.1) is 5.41 Å². The highest BCUT2D eigenvalue weighted by Crippen LogP contribution is 2.63. The molecule has 1 heteroatoms. The van der Waals surface area contributed by atoms with Gasteiger partial charge < -0.3 is 4.90 Å². The zero-order valence-corrected chi connectivity index (χ0v) is 26.1. The van der Waals surface area contributed by atoms with Crippen LogP contribution < -0.4 is 4.90 Å². The van der Waals surface area contributed by atoms with Crippen molar-refractivity contribution in [3.63, 3.8) is 0 Å². The van der Waals surface area contributed by atoms with Crippen molar-refractivity contribution < 1.29 is 0 Å². The van der Waals surface area contributed by atoms with E-state index in [4.69, 9.17) is 0 Å². The van der Waals surface area contributed by atoms with E-state index < -0.39 is 0 Å². The number of para-hydroxylation sites is 2. The van der Waals surface area contributed by atoms with Crippen LogP contribution in [-0.2, 0) is 5.41 Å². The molecule has 8 aromatic rings. The number of hydrogen-bond acceptors (Lipinski definition) is 1. The smallest absolute Gasteiger partial charge is 0.0725 e. The van der Waals surface area contributed by atoms with Gasteiger partial charge in [-0.25, -0.2) is 0 Å². The Balaban J connectivity index is 1.28. The summed E-state index contributed by atoms with van der Waals surface area (Å²) in [5.41, 5.74) is 15.2. The maximum atomic E-state index is 2.50. The largest absolute Gasteiger partial charge is 0.310 e. The van der Waals surface area contributed by atoms with E-state index in [1.165, 1.54) is 77.3 Å². The van der Waals surface area contributed by atoms with Crippen LogP contribution >= 0.6 is 0 Å². The lowest BCUT2D eigenvalue weighted by molar-refractivity contribution is 0.796. The molecule has 10 rings (SSSR count). The van der Waals surface area contributed by atoms with Crippen molar-refractivity contribution in [2.75, 3.05) is 4.90 Å². The Kier molecular flexibility index (Phi) is 5.48. The molecule has 220 valence electrons. The molecule has 0 radical (unpaired) electrons. The molecule has 0 N–H and O–H groups in total. The molecule has 0 saturated heterocycles. The van der Waals surface area contributed by atoms with Gasteiger partial charge in [0.1, 0.15) is 0 Å². The predicted octanol–water partition coefficient (Wildman–Crippen LogP) is 12.1. The lowest BCUT2D eigenvalue weighted by atomic mass is 9.70. The van der Waals surface area contributed by atoms with Gasteiger partial charge in [0, 0.05) is 17.1 Å². The summed E-state index contributed by atoms with van der Waals surface area (Å²) in [6, 6.07) is 63.1. The highest BCUT2D eigenvalue weighted by molar-refractivity contribution is 6.04. The van der Waals surface area contributed by atoms with Gasteiger partial charge in [-0.05, 0) is 133 Å². The fourth-order valence-corrected chi connectivity index (χ4v) is 8.51. The van der Waals surface area contributed by atoms with Gasteiger partial charge in [-0.2, -0.15) is 0 Å². The average molecular weight is 598 g/mol. The molecule has 2 aliphatic rings. The van der Waals surface area contributed by atoms with Crippen molar-refractivity contribution in [1.82, 2.24) is 0 Å². The standard InChI is InChI=1S/C46H31N/c1-30-13-5-12-22-45(30)47(35-16-3-2-4-17-35)36-24-23-33-27-40-39-26-31-14-6-7-15-32(31)28-43(39)46(44(40)29-34(33)25-36)41-20-10-8-18-37(41)38-19-9-11-21-42(38)46/h2-29H,1H3. The van der Waals surface area contributed by atoms with Crippen molar-refractivity contribution in [2.24, 2.45) is 0 Å². The molecule has 0 bridgehead atoms. The van der Waals surface area contributed by atoms with Gasteiger partial charge >= 0.3 is 0 Å². The Morgan fingerprint density at radius 1 is 0.362 bits per heavy atom. The van der Waals surface area contributed by atoms with E-state index in [0.717, 1.165) is 11.4 Å². The second-order valence-corrected chi connectivity index (χ2v) is 13.0. The van der Waals surface area contributed by atoms with Crippen molar-refractivity contribution in [3.05, 3.63) is 198 Å². The quantitative estimate of drug-likeness (QED) is 0.196. The molecule has 0 atom stereocenters. The normalized spacial score (nSPS) is 13.4. The van der Waals surface area contributed by atoms with Crippen LogP contribution in [0.2, 0.25) is 0 Å². The summed E-state index contributed by atoms with van der Waals surface area (Å²) in [5.74, 6) is 0. The van der Waals surface area contributed by atoms with E-state index in [2.05, 4.69) is 182 Å². The molecule has 0 fully saturated rings. The molecule has 8 aromatic carbocycles. The van der Waals surface area contributed by atoms with Crippen LogP contribution in [-0.4, -0.2) is 0 Å². The Hall–Kier alpha value is -5.92. The SMILES string of the molecule is Cc1ccccc1N(c1ccccc1)c1ccc2cc3c(cc2c1)C1(c2ccccc2-c2ccccc21)c1cc2ccccc2cc1-3. The zero-order valence-electron chi connectivity index (χ0n) is 26.1. The second-order valence-electron chi connectivity index (χ2n) is 13.0. The number of nitrogens with zero attached hydrogens (tertiary/aromatic N) is 1. The number of aryl methyl sites for hydroxylation is 1. The Labute approximate surface area is 275 Å². The number of rotatable bonds is 3. The number of benzene rings is 8. The first-order valence-electron chi connectivity index (χ1n) is 16.4. The monoisotopic (exact) mass is 597 g/mol. The van der Waals surface area contributed by atoms with Gasteiger partial charge in [-0.1, -0.05) is 115 Å². The minimum absolute atomic E-state index is 0.388. The zero-order chi connectivity index (χ0) is 31.1. The predicted molar refractivity (Wildman–Crippen MR) is 197 cm³/mol. The Bertz CT molecular complexity index is 2500. The van der Waals surface area contributed by atoms with E-state index in [0.29, 0.717) is 0 Å². The van der Waals surface area contributed by atoms with Crippen LogP contribution in [0.4, 0.5) is 17.1 Å². The number of anilines is 3. The molecule has 0 aliphatic heterocycles. The van der Waals surface area contributed by atoms with Crippen LogP contribution in [0.5, 0.6) is 0 Å². The average Bonchev–Trinajstić information content (AvgIpc) is 3.57. The van der Waals surface area contributed by atoms with Crippen LogP contribution in [0.3, 0.4) is 0 Å². The molecular weight excluding hydrogens is 567 g/mol. The molecule has 1 nitrogen and oxygen atoms in total. The highest BCUT2D eigenvalue weighted by atomic mass is 15.1. The number of fused-ring (bicyclic) bond motifs is 12. The first-order chi connectivity index (χ1) is 23.2. The van der Waals surface area contributed by atoms with Crippen molar-refractivity contribution >= 4 is 38.6 Å². The van der Waals surface area contributed by atoms with Gasteiger partial charge in [-0.15, -0.1) is 0 Å². The van der Waals surface area contributed by atoms with Crippen LogP contribution in [0.15, 0.2) is 170 Å². The minimum atomic E-state index is -0.388. The lowest BCUT2D eigenvalue weighted by Gasteiger charge is -2.31. The summed E-state index contributed by atoms with van der Waals surface area (Å²) in [6.07, 6.45) is 0. The van der Waals surface area contributed by atoms with Crippen LogP contribution in [0.25, 0.3) is 43.8 Å². The van der Waals surface area contributed by atoms with E-state index in [9.17, 15) is 0 Å². The number of hydrogen-bond donors (Lipinski definition) is 0. The molecule has 1 spiro atoms. The molecule has 0 amide bonds. The van der Waals surface area contributed by atoms with Gasteiger partial charge in [-0.3, -0.25) is 0 Å². The van der Waals surface area contributed by atoms with Crippen molar-refractivity contribution in [1.29, 1.82) is 0 Å². The molecular formula is C46H31N. The third-order valence-electron chi connectivity index (χ3n) is 10.5. The van der Waals surface area contributed by atoms with E-state index >= 15 is 0 Å². The van der Waals surface area contributed by atoms with Gasteiger partial charge in [0.25, 0.3) is 0 Å². The molecule has 0 unspecified atom stereocenters. The maximum absolute atomic E-state index is 2.50. The summed E-state index contributed by atoms with van der Waals surface area (Å²) >= 11 is 0. The summed E-state index contributed by atoms with van der Waals surface area (Å²) in [5, 5.41) is 5.06. The van der Waals surface area contributed by atoms with Crippen LogP contribution in [0, 0.1) is 6.92 Å². The van der Waals surface area contributed by atoms with Gasteiger partial charge in [0.2, 0.25) is 0 Å². The van der Waals surface area contributed by atoms with E-state index in [1.807, 2.05) is 0 Å². The van der Waals surface area contributed by atoms with E-state index in [-0.39, 0.29) is 5.41 Å². The molecule has 47 heavy (non-hydrogen) atoms. The fourth-order valence-electron chi connectivity index (χ4n) is 8.51.